The van der Waals surface area contributed by atoms with Gasteiger partial charge in [-0.15, -0.1) is 0 Å². The monoisotopic (exact) mass is 505 g/mol. The summed E-state index contributed by atoms with van der Waals surface area (Å²) in [6.07, 6.45) is 1.48. The number of anilines is 1. The lowest BCUT2D eigenvalue weighted by Crippen LogP contribution is -2.36. The van der Waals surface area contributed by atoms with Gasteiger partial charge in [0, 0.05) is 23.4 Å². The fraction of sp³-hybridized carbons (Fsp3) is 0.194. The first kappa shape index (κ1) is 24.6. The summed E-state index contributed by atoms with van der Waals surface area (Å²) >= 11 is 1.39. The number of amides is 1. The molecule has 1 aliphatic heterocycles. The summed E-state index contributed by atoms with van der Waals surface area (Å²) in [7, 11) is 1.63. The van der Waals surface area contributed by atoms with Gasteiger partial charge in [-0.2, -0.15) is 5.26 Å². The summed E-state index contributed by atoms with van der Waals surface area (Å²) in [5, 5.41) is 10.5. The smallest absolute Gasteiger partial charge is 0.240 e. The van der Waals surface area contributed by atoms with Crippen molar-refractivity contribution >= 4 is 23.4 Å². The van der Waals surface area contributed by atoms with E-state index in [1.807, 2.05) is 90.7 Å². The lowest BCUT2D eigenvalue weighted by molar-refractivity contribution is -0.118. The van der Waals surface area contributed by atoms with Crippen LogP contribution in [0.25, 0.3) is 22.4 Å². The molecule has 5 nitrogen and oxygen atoms in total. The van der Waals surface area contributed by atoms with Gasteiger partial charge in [-0.25, -0.2) is 4.98 Å². The minimum Gasteiger partial charge on any atom is -0.497 e. The third kappa shape index (κ3) is 4.96. The number of fused-ring (bicyclic) bond motifs is 1. The second kappa shape index (κ2) is 10.9. The standard InChI is InChI=1S/C31H27N3O2S/c1-3-29(31(35)34-18-17-23-11-7-8-12-28(23)34)37-30-26(20-32)25(21-13-15-24(36-2)16-14-21)19-27(33-30)22-9-5-4-6-10-22/h4-16,19,29H,3,17-18H2,1-2H3. The first-order valence-electron chi connectivity index (χ1n) is 12.3. The van der Waals surface area contributed by atoms with Gasteiger partial charge in [0.2, 0.25) is 5.91 Å². The molecule has 4 aromatic rings. The zero-order chi connectivity index (χ0) is 25.8. The highest BCUT2D eigenvalue weighted by atomic mass is 32.2. The van der Waals surface area contributed by atoms with E-state index in [0.29, 0.717) is 23.6 Å². The molecule has 1 atom stereocenters. The Hall–Kier alpha value is -4.08. The fourth-order valence-electron chi connectivity index (χ4n) is 4.65. The Labute approximate surface area is 221 Å². The van der Waals surface area contributed by atoms with Gasteiger partial charge in [0.25, 0.3) is 0 Å². The molecule has 0 bridgehead atoms. The van der Waals surface area contributed by atoms with Gasteiger partial charge in [-0.3, -0.25) is 4.79 Å². The minimum absolute atomic E-state index is 0.0549. The van der Waals surface area contributed by atoms with Crippen molar-refractivity contribution in [1.29, 1.82) is 5.26 Å². The molecule has 2 heterocycles. The van der Waals surface area contributed by atoms with E-state index in [-0.39, 0.29) is 11.2 Å². The lowest BCUT2D eigenvalue weighted by atomic mass is 9.99. The molecule has 1 aromatic heterocycles. The van der Waals surface area contributed by atoms with Crippen molar-refractivity contribution in [2.45, 2.75) is 30.0 Å². The average Bonchev–Trinajstić information content (AvgIpc) is 3.40. The molecule has 0 saturated carbocycles. The van der Waals surface area contributed by atoms with Crippen LogP contribution in [0.15, 0.2) is 90.0 Å². The molecule has 1 aliphatic rings. The Balaban J connectivity index is 1.57. The predicted molar refractivity (Wildman–Crippen MR) is 149 cm³/mol. The third-order valence-corrected chi connectivity index (χ3v) is 7.96. The molecular weight excluding hydrogens is 478 g/mol. The molecule has 0 radical (unpaired) electrons. The summed E-state index contributed by atoms with van der Waals surface area (Å²) in [6.45, 7) is 2.68. The van der Waals surface area contributed by atoms with E-state index in [1.165, 1.54) is 17.3 Å². The zero-order valence-electron chi connectivity index (χ0n) is 20.8. The van der Waals surface area contributed by atoms with Crippen LogP contribution in [0.5, 0.6) is 5.75 Å². The minimum atomic E-state index is -0.361. The maximum Gasteiger partial charge on any atom is 0.240 e. The van der Waals surface area contributed by atoms with Gasteiger partial charge in [0.1, 0.15) is 16.8 Å². The Morgan fingerprint density at radius 1 is 1.05 bits per heavy atom. The molecular formula is C31H27N3O2S. The van der Waals surface area contributed by atoms with Gasteiger partial charge in [-0.05, 0) is 48.2 Å². The van der Waals surface area contributed by atoms with Crippen molar-refractivity contribution in [3.8, 4) is 34.2 Å². The molecule has 5 rings (SSSR count). The molecule has 6 heteroatoms. The molecule has 0 aliphatic carbocycles. The van der Waals surface area contributed by atoms with E-state index in [4.69, 9.17) is 9.72 Å². The summed E-state index contributed by atoms with van der Waals surface area (Å²) in [6, 6.07) is 30.0. The number of pyridine rings is 1. The van der Waals surface area contributed by atoms with Crippen LogP contribution in [0, 0.1) is 11.3 Å². The number of hydrogen-bond acceptors (Lipinski definition) is 5. The van der Waals surface area contributed by atoms with Crippen molar-refractivity contribution in [2.24, 2.45) is 0 Å². The quantitative estimate of drug-likeness (QED) is 0.260. The van der Waals surface area contributed by atoms with Crippen LogP contribution in [0.4, 0.5) is 5.69 Å². The number of ether oxygens (including phenoxy) is 1. The van der Waals surface area contributed by atoms with E-state index in [9.17, 15) is 10.1 Å². The number of carbonyl (C=O) groups excluding carboxylic acids is 1. The lowest BCUT2D eigenvalue weighted by Gasteiger charge is -2.23. The van der Waals surface area contributed by atoms with Crippen molar-refractivity contribution in [1.82, 2.24) is 4.98 Å². The molecule has 1 amide bonds. The van der Waals surface area contributed by atoms with Crippen LogP contribution in [-0.2, 0) is 11.2 Å². The second-order valence-corrected chi connectivity index (χ2v) is 10.0. The van der Waals surface area contributed by atoms with E-state index in [1.54, 1.807) is 7.11 Å². The molecule has 184 valence electrons. The van der Waals surface area contributed by atoms with E-state index in [0.717, 1.165) is 40.2 Å². The highest BCUT2D eigenvalue weighted by molar-refractivity contribution is 8.00. The molecule has 1 unspecified atom stereocenters. The maximum atomic E-state index is 13.7. The summed E-state index contributed by atoms with van der Waals surface area (Å²) < 4.78 is 5.32. The Bertz CT molecular complexity index is 1460. The van der Waals surface area contributed by atoms with Crippen molar-refractivity contribution in [3.63, 3.8) is 0 Å². The summed E-state index contributed by atoms with van der Waals surface area (Å²) in [5.41, 5.74) is 6.06. The third-order valence-electron chi connectivity index (χ3n) is 6.62. The fourth-order valence-corrected chi connectivity index (χ4v) is 5.74. The zero-order valence-corrected chi connectivity index (χ0v) is 21.7. The number of para-hydroxylation sites is 1. The molecule has 0 N–H and O–H groups in total. The van der Waals surface area contributed by atoms with Crippen LogP contribution in [0.1, 0.15) is 24.5 Å². The Morgan fingerprint density at radius 3 is 2.49 bits per heavy atom. The van der Waals surface area contributed by atoms with Gasteiger partial charge in [0.05, 0.1) is 23.6 Å². The van der Waals surface area contributed by atoms with Crippen LogP contribution in [-0.4, -0.2) is 29.8 Å². The number of nitrogens with zero attached hydrogens (tertiary/aromatic N) is 3. The average molecular weight is 506 g/mol. The van der Waals surface area contributed by atoms with E-state index >= 15 is 0 Å². The summed E-state index contributed by atoms with van der Waals surface area (Å²) in [5.74, 6) is 0.802. The van der Waals surface area contributed by atoms with Crippen LogP contribution in [0.3, 0.4) is 0 Å². The van der Waals surface area contributed by atoms with Gasteiger partial charge >= 0.3 is 0 Å². The Kier molecular flexibility index (Phi) is 7.25. The first-order chi connectivity index (χ1) is 18.1. The number of carbonyl (C=O) groups is 1. The van der Waals surface area contributed by atoms with Crippen molar-refractivity contribution < 1.29 is 9.53 Å². The van der Waals surface area contributed by atoms with Crippen LogP contribution >= 0.6 is 11.8 Å². The van der Waals surface area contributed by atoms with E-state index in [2.05, 4.69) is 12.1 Å². The van der Waals surface area contributed by atoms with Gasteiger partial charge < -0.3 is 9.64 Å². The number of benzene rings is 3. The van der Waals surface area contributed by atoms with Gasteiger partial charge in [-0.1, -0.05) is 79.3 Å². The number of hydrogen-bond donors (Lipinski definition) is 0. The highest BCUT2D eigenvalue weighted by Gasteiger charge is 2.31. The Morgan fingerprint density at radius 2 is 1.78 bits per heavy atom. The van der Waals surface area contributed by atoms with Crippen LogP contribution in [0.2, 0.25) is 0 Å². The number of rotatable bonds is 7. The first-order valence-corrected chi connectivity index (χ1v) is 13.2. The summed E-state index contributed by atoms with van der Waals surface area (Å²) in [4.78, 5) is 20.5. The normalized spacial score (nSPS) is 13.1. The molecule has 0 spiro atoms. The predicted octanol–water partition coefficient (Wildman–Crippen LogP) is 6.76. The van der Waals surface area contributed by atoms with Crippen molar-refractivity contribution in [2.75, 3.05) is 18.6 Å². The van der Waals surface area contributed by atoms with Gasteiger partial charge in [0.15, 0.2) is 0 Å². The molecule has 0 saturated heterocycles. The number of aromatic nitrogens is 1. The topological polar surface area (TPSA) is 66.2 Å². The molecule has 0 fully saturated rings. The maximum absolute atomic E-state index is 13.7. The number of thioether (sulfide) groups is 1. The number of methoxy groups -OCH3 is 1. The van der Waals surface area contributed by atoms with Crippen molar-refractivity contribution in [3.05, 3.63) is 96.1 Å². The van der Waals surface area contributed by atoms with E-state index < -0.39 is 0 Å². The second-order valence-electron chi connectivity index (χ2n) is 8.82. The number of nitriles is 1. The highest BCUT2D eigenvalue weighted by Crippen LogP contribution is 2.38. The SMILES string of the molecule is CCC(Sc1nc(-c2ccccc2)cc(-c2ccc(OC)cc2)c1C#N)C(=O)N1CCc2ccccc21. The molecule has 3 aromatic carbocycles. The largest absolute Gasteiger partial charge is 0.497 e. The molecule has 37 heavy (non-hydrogen) atoms. The van der Waals surface area contributed by atoms with Crippen LogP contribution < -0.4 is 9.64 Å².